The number of sulfonamides is 1. The number of nitrogens with one attached hydrogen (secondary N) is 1. The number of esters is 1. The minimum Gasteiger partial charge on any atom is -0.466 e. The van der Waals surface area contributed by atoms with Crippen LogP contribution in [0.4, 0.5) is 0 Å². The predicted octanol–water partition coefficient (Wildman–Crippen LogP) is 1.62. The summed E-state index contributed by atoms with van der Waals surface area (Å²) in [7, 11) is -3.59. The largest absolute Gasteiger partial charge is 0.466 e. The first-order valence-electron chi connectivity index (χ1n) is 6.09. The Labute approximate surface area is 114 Å². The van der Waals surface area contributed by atoms with Crippen LogP contribution >= 0.6 is 0 Å². The Balaban J connectivity index is 2.69. The molecule has 0 amide bonds. The molecule has 0 saturated carbocycles. The molecule has 0 aliphatic carbocycles. The SMILES string of the molecule is CCOC(=O)CC(C)NS(=O)(=O)c1ccc(C)cc1. The van der Waals surface area contributed by atoms with Crippen molar-refractivity contribution in [2.24, 2.45) is 0 Å². The molecule has 1 atom stereocenters. The molecule has 1 aromatic carbocycles. The van der Waals surface area contributed by atoms with Crippen molar-refractivity contribution >= 4 is 16.0 Å². The van der Waals surface area contributed by atoms with Crippen molar-refractivity contribution in [2.45, 2.75) is 38.1 Å². The number of hydrogen-bond acceptors (Lipinski definition) is 4. The Kier molecular flexibility index (Phi) is 5.50. The number of ether oxygens (including phenoxy) is 1. The molecule has 1 unspecified atom stereocenters. The molecule has 0 heterocycles. The molecule has 1 rings (SSSR count). The summed E-state index contributed by atoms with van der Waals surface area (Å²) in [6.07, 6.45) is 0.0128. The van der Waals surface area contributed by atoms with Crippen LogP contribution in [0.2, 0.25) is 0 Å². The van der Waals surface area contributed by atoms with Gasteiger partial charge in [0.2, 0.25) is 10.0 Å². The van der Waals surface area contributed by atoms with Crippen molar-refractivity contribution in [1.29, 1.82) is 0 Å². The minimum atomic E-state index is -3.59. The van der Waals surface area contributed by atoms with E-state index in [0.717, 1.165) is 5.56 Å². The van der Waals surface area contributed by atoms with Crippen LogP contribution in [0.25, 0.3) is 0 Å². The first kappa shape index (κ1) is 15.7. The smallest absolute Gasteiger partial charge is 0.307 e. The molecule has 0 spiro atoms. The fourth-order valence-electron chi connectivity index (χ4n) is 1.56. The summed E-state index contributed by atoms with van der Waals surface area (Å²) in [5.74, 6) is -0.415. The second kappa shape index (κ2) is 6.68. The van der Waals surface area contributed by atoms with Crippen LogP contribution in [-0.2, 0) is 19.6 Å². The summed E-state index contributed by atoms with van der Waals surface area (Å²) in [5.41, 5.74) is 0.985. The van der Waals surface area contributed by atoms with Gasteiger partial charge in [-0.3, -0.25) is 4.79 Å². The molecule has 19 heavy (non-hydrogen) atoms. The molecule has 1 N–H and O–H groups in total. The Bertz CT molecular complexity index is 522. The van der Waals surface area contributed by atoms with Crippen molar-refractivity contribution in [1.82, 2.24) is 4.72 Å². The van der Waals surface area contributed by atoms with Crippen LogP contribution in [0.5, 0.6) is 0 Å². The molecule has 5 nitrogen and oxygen atoms in total. The number of aryl methyl sites for hydroxylation is 1. The van der Waals surface area contributed by atoms with Crippen molar-refractivity contribution in [3.8, 4) is 0 Å². The van der Waals surface area contributed by atoms with Crippen LogP contribution in [0.15, 0.2) is 29.2 Å². The maximum atomic E-state index is 12.0. The van der Waals surface area contributed by atoms with E-state index in [1.165, 1.54) is 12.1 Å². The van der Waals surface area contributed by atoms with Gasteiger partial charge in [-0.25, -0.2) is 13.1 Å². The lowest BCUT2D eigenvalue weighted by atomic mass is 10.2. The van der Waals surface area contributed by atoms with Gasteiger partial charge in [0, 0.05) is 6.04 Å². The first-order valence-corrected chi connectivity index (χ1v) is 7.58. The van der Waals surface area contributed by atoms with E-state index < -0.39 is 22.0 Å². The average Bonchev–Trinajstić information content (AvgIpc) is 2.28. The Morgan fingerprint density at radius 3 is 2.42 bits per heavy atom. The molecular formula is C13H19NO4S. The second-order valence-corrected chi connectivity index (χ2v) is 6.06. The maximum Gasteiger partial charge on any atom is 0.307 e. The van der Waals surface area contributed by atoms with E-state index in [1.807, 2.05) is 6.92 Å². The summed E-state index contributed by atoms with van der Waals surface area (Å²) >= 11 is 0. The van der Waals surface area contributed by atoms with E-state index in [9.17, 15) is 13.2 Å². The molecular weight excluding hydrogens is 266 g/mol. The lowest BCUT2D eigenvalue weighted by Crippen LogP contribution is -2.34. The standard InChI is InChI=1S/C13H19NO4S/c1-4-18-13(15)9-11(3)14-19(16,17)12-7-5-10(2)6-8-12/h5-8,11,14H,4,9H2,1-3H3. The van der Waals surface area contributed by atoms with E-state index in [2.05, 4.69) is 4.72 Å². The molecule has 0 saturated heterocycles. The van der Waals surface area contributed by atoms with E-state index in [-0.39, 0.29) is 17.9 Å². The normalized spacial score (nSPS) is 13.0. The second-order valence-electron chi connectivity index (χ2n) is 4.34. The van der Waals surface area contributed by atoms with Gasteiger partial charge in [0.25, 0.3) is 0 Å². The molecule has 0 aliphatic rings. The summed E-state index contributed by atoms with van der Waals surface area (Å²) in [5, 5.41) is 0. The van der Waals surface area contributed by atoms with Gasteiger partial charge in [-0.15, -0.1) is 0 Å². The molecule has 0 bridgehead atoms. The summed E-state index contributed by atoms with van der Waals surface area (Å²) in [6, 6.07) is 6.02. The molecule has 106 valence electrons. The van der Waals surface area contributed by atoms with Crippen molar-refractivity contribution in [3.63, 3.8) is 0 Å². The van der Waals surface area contributed by atoms with Gasteiger partial charge >= 0.3 is 5.97 Å². The van der Waals surface area contributed by atoms with Crippen LogP contribution in [0.3, 0.4) is 0 Å². The van der Waals surface area contributed by atoms with Crippen LogP contribution in [0, 0.1) is 6.92 Å². The fourth-order valence-corrected chi connectivity index (χ4v) is 2.81. The van der Waals surface area contributed by atoms with Gasteiger partial charge in [-0.05, 0) is 32.9 Å². The van der Waals surface area contributed by atoms with E-state index >= 15 is 0 Å². The molecule has 1 aromatic rings. The number of carbonyl (C=O) groups excluding carboxylic acids is 1. The quantitative estimate of drug-likeness (QED) is 0.806. The Hall–Kier alpha value is -1.40. The lowest BCUT2D eigenvalue weighted by Gasteiger charge is -2.13. The van der Waals surface area contributed by atoms with Crippen LogP contribution in [-0.4, -0.2) is 27.0 Å². The van der Waals surface area contributed by atoms with Crippen molar-refractivity contribution in [2.75, 3.05) is 6.61 Å². The predicted molar refractivity (Wildman–Crippen MR) is 72.2 cm³/mol. The summed E-state index contributed by atoms with van der Waals surface area (Å²) < 4.78 is 31.3. The van der Waals surface area contributed by atoms with Gasteiger partial charge in [-0.1, -0.05) is 17.7 Å². The van der Waals surface area contributed by atoms with Crippen molar-refractivity contribution < 1.29 is 17.9 Å². The zero-order valence-electron chi connectivity index (χ0n) is 11.3. The third-order valence-corrected chi connectivity index (χ3v) is 4.07. The van der Waals surface area contributed by atoms with Crippen molar-refractivity contribution in [3.05, 3.63) is 29.8 Å². The Morgan fingerprint density at radius 1 is 1.32 bits per heavy atom. The molecule has 6 heteroatoms. The lowest BCUT2D eigenvalue weighted by molar-refractivity contribution is -0.143. The number of carbonyl (C=O) groups is 1. The fraction of sp³-hybridized carbons (Fsp3) is 0.462. The van der Waals surface area contributed by atoms with Gasteiger partial charge < -0.3 is 4.74 Å². The van der Waals surface area contributed by atoms with Gasteiger partial charge in [0.15, 0.2) is 0 Å². The highest BCUT2D eigenvalue weighted by Gasteiger charge is 2.19. The maximum absolute atomic E-state index is 12.0. The molecule has 0 radical (unpaired) electrons. The third-order valence-electron chi connectivity index (χ3n) is 2.47. The molecule has 0 fully saturated rings. The Morgan fingerprint density at radius 2 is 1.89 bits per heavy atom. The van der Waals surface area contributed by atoms with E-state index in [4.69, 9.17) is 4.74 Å². The zero-order valence-corrected chi connectivity index (χ0v) is 12.2. The third kappa shape index (κ3) is 5.00. The monoisotopic (exact) mass is 285 g/mol. The molecule has 0 aromatic heterocycles. The minimum absolute atomic E-state index is 0.0128. The highest BCUT2D eigenvalue weighted by atomic mass is 32.2. The average molecular weight is 285 g/mol. The topological polar surface area (TPSA) is 72.5 Å². The van der Waals surface area contributed by atoms with Crippen LogP contribution in [0.1, 0.15) is 25.8 Å². The highest BCUT2D eigenvalue weighted by molar-refractivity contribution is 7.89. The number of benzene rings is 1. The van der Waals surface area contributed by atoms with E-state index in [0.29, 0.717) is 0 Å². The van der Waals surface area contributed by atoms with E-state index in [1.54, 1.807) is 26.0 Å². The number of hydrogen-bond donors (Lipinski definition) is 1. The van der Waals surface area contributed by atoms with Crippen LogP contribution < -0.4 is 4.72 Å². The highest BCUT2D eigenvalue weighted by Crippen LogP contribution is 2.11. The first-order chi connectivity index (χ1) is 8.85. The van der Waals surface area contributed by atoms with Gasteiger partial charge in [0.1, 0.15) is 0 Å². The number of rotatable bonds is 6. The summed E-state index contributed by atoms with van der Waals surface area (Å²) in [4.78, 5) is 11.5. The van der Waals surface area contributed by atoms with Gasteiger partial charge in [0.05, 0.1) is 17.9 Å². The summed E-state index contributed by atoms with van der Waals surface area (Å²) in [6.45, 7) is 5.51. The van der Waals surface area contributed by atoms with Gasteiger partial charge in [-0.2, -0.15) is 0 Å². The molecule has 0 aliphatic heterocycles. The zero-order chi connectivity index (χ0) is 14.5.